The second-order valence-corrected chi connectivity index (χ2v) is 2.87. The predicted octanol–water partition coefficient (Wildman–Crippen LogP) is 0.196. The van der Waals surface area contributed by atoms with Gasteiger partial charge in [-0.15, -0.1) is 0 Å². The second kappa shape index (κ2) is 1.07. The second-order valence-electron chi connectivity index (χ2n) is 2.87. The number of carbonyl (C=O) groups excluding carboxylic acids is 1. The van der Waals surface area contributed by atoms with Gasteiger partial charge in [-0.3, -0.25) is 4.79 Å². The fraction of sp³-hybridized carbons (Fsp3) is 0.833. The monoisotopic (exact) mass is 110 g/mol. The summed E-state index contributed by atoms with van der Waals surface area (Å²) in [7, 11) is 0. The van der Waals surface area contributed by atoms with Gasteiger partial charge < -0.3 is 5.32 Å². The molecular formula is C6H8NO. The lowest BCUT2D eigenvalue weighted by Crippen LogP contribution is -2.15. The molecule has 2 aliphatic rings. The molecule has 2 aliphatic carbocycles. The molecule has 0 aromatic heterocycles. The van der Waals surface area contributed by atoms with E-state index in [0.29, 0.717) is 11.5 Å². The summed E-state index contributed by atoms with van der Waals surface area (Å²) in [5.74, 6) is 0. The Balaban J connectivity index is 1.88. The van der Waals surface area contributed by atoms with E-state index >= 15 is 0 Å². The molecule has 0 bridgehead atoms. The Morgan fingerprint density at radius 2 is 2.38 bits per heavy atom. The third-order valence-electron chi connectivity index (χ3n) is 2.32. The minimum atomic E-state index is 0.500. The van der Waals surface area contributed by atoms with Gasteiger partial charge in [0.15, 0.2) is 0 Å². The van der Waals surface area contributed by atoms with E-state index in [1.54, 1.807) is 6.41 Å². The Morgan fingerprint density at radius 1 is 1.62 bits per heavy atom. The SMILES string of the molecule is O=[C]N[C@H]1CC12CC2. The van der Waals surface area contributed by atoms with E-state index in [1.165, 1.54) is 19.3 Å². The molecule has 0 saturated heterocycles. The van der Waals surface area contributed by atoms with Crippen LogP contribution in [0.4, 0.5) is 0 Å². The van der Waals surface area contributed by atoms with Crippen molar-refractivity contribution >= 4 is 6.41 Å². The maximum absolute atomic E-state index is 9.73. The van der Waals surface area contributed by atoms with Gasteiger partial charge in [0, 0.05) is 6.04 Å². The molecule has 2 rings (SSSR count). The van der Waals surface area contributed by atoms with Gasteiger partial charge in [0.25, 0.3) is 0 Å². The fourth-order valence-electron chi connectivity index (χ4n) is 1.34. The molecule has 8 heavy (non-hydrogen) atoms. The van der Waals surface area contributed by atoms with Crippen LogP contribution < -0.4 is 5.32 Å². The van der Waals surface area contributed by atoms with E-state index in [2.05, 4.69) is 5.32 Å². The summed E-state index contributed by atoms with van der Waals surface area (Å²) >= 11 is 0. The van der Waals surface area contributed by atoms with Crippen molar-refractivity contribution in [1.29, 1.82) is 0 Å². The third-order valence-corrected chi connectivity index (χ3v) is 2.32. The average Bonchev–Trinajstić information content (AvgIpc) is 2.57. The number of rotatable bonds is 2. The molecule has 1 amide bonds. The number of hydrogen-bond donors (Lipinski definition) is 1. The van der Waals surface area contributed by atoms with Crippen LogP contribution in [-0.2, 0) is 4.79 Å². The Morgan fingerprint density at radius 3 is 2.75 bits per heavy atom. The summed E-state index contributed by atoms with van der Waals surface area (Å²) in [6.45, 7) is 0. The largest absolute Gasteiger partial charge is 0.345 e. The first-order chi connectivity index (χ1) is 3.87. The molecule has 0 aliphatic heterocycles. The standard InChI is InChI=1S/C6H8NO/c8-4-7-5-3-6(5)1-2-6/h5H,1-3H2,(H,7,8)/t5-/m0/s1. The van der Waals surface area contributed by atoms with Crippen molar-refractivity contribution in [3.63, 3.8) is 0 Å². The van der Waals surface area contributed by atoms with Crippen molar-refractivity contribution in [3.05, 3.63) is 0 Å². The van der Waals surface area contributed by atoms with Crippen LogP contribution in [0.25, 0.3) is 0 Å². The quantitative estimate of drug-likeness (QED) is 0.505. The van der Waals surface area contributed by atoms with Crippen LogP contribution in [-0.4, -0.2) is 12.5 Å². The van der Waals surface area contributed by atoms with Crippen LogP contribution in [0.15, 0.2) is 0 Å². The zero-order valence-corrected chi connectivity index (χ0v) is 4.61. The molecule has 0 unspecified atom stereocenters. The Labute approximate surface area is 48.3 Å². The van der Waals surface area contributed by atoms with Crippen LogP contribution in [0, 0.1) is 5.41 Å². The minimum Gasteiger partial charge on any atom is -0.345 e. The smallest absolute Gasteiger partial charge is 0.309 e. The molecule has 2 saturated carbocycles. The van der Waals surface area contributed by atoms with Gasteiger partial charge in [0.2, 0.25) is 0 Å². The van der Waals surface area contributed by atoms with Crippen molar-refractivity contribution in [1.82, 2.24) is 5.32 Å². The molecule has 0 aromatic rings. The lowest BCUT2D eigenvalue weighted by molar-refractivity contribution is 0.538. The Kier molecular flexibility index (Phi) is 0.581. The maximum Gasteiger partial charge on any atom is 0.309 e. The predicted molar refractivity (Wildman–Crippen MR) is 28.9 cm³/mol. The van der Waals surface area contributed by atoms with E-state index in [1.807, 2.05) is 0 Å². The van der Waals surface area contributed by atoms with Crippen molar-refractivity contribution in [2.45, 2.75) is 25.3 Å². The van der Waals surface area contributed by atoms with Crippen molar-refractivity contribution in [2.75, 3.05) is 0 Å². The first kappa shape index (κ1) is 4.36. The van der Waals surface area contributed by atoms with Gasteiger partial charge in [0.05, 0.1) is 0 Å². The highest BCUT2D eigenvalue weighted by Gasteiger charge is 2.62. The lowest BCUT2D eigenvalue weighted by Gasteiger charge is -1.87. The van der Waals surface area contributed by atoms with E-state index < -0.39 is 0 Å². The van der Waals surface area contributed by atoms with Crippen LogP contribution in [0.5, 0.6) is 0 Å². The van der Waals surface area contributed by atoms with Gasteiger partial charge in [0.1, 0.15) is 0 Å². The van der Waals surface area contributed by atoms with Crippen LogP contribution in [0.3, 0.4) is 0 Å². The summed E-state index contributed by atoms with van der Waals surface area (Å²) in [6.07, 6.45) is 5.59. The molecule has 1 radical (unpaired) electrons. The Bertz CT molecular complexity index is 128. The molecule has 2 heteroatoms. The zero-order valence-electron chi connectivity index (χ0n) is 4.61. The minimum absolute atomic E-state index is 0.500. The highest BCUT2D eigenvalue weighted by Crippen LogP contribution is 2.65. The van der Waals surface area contributed by atoms with E-state index in [0.717, 1.165) is 0 Å². The summed E-state index contributed by atoms with van der Waals surface area (Å²) in [5.41, 5.74) is 0.595. The summed E-state index contributed by atoms with van der Waals surface area (Å²) in [4.78, 5) is 9.73. The molecule has 2 nitrogen and oxygen atoms in total. The normalized spacial score (nSPS) is 36.8. The van der Waals surface area contributed by atoms with Gasteiger partial charge in [-0.25, -0.2) is 0 Å². The fourth-order valence-corrected chi connectivity index (χ4v) is 1.34. The molecular weight excluding hydrogens is 102 g/mol. The highest BCUT2D eigenvalue weighted by molar-refractivity contribution is 5.50. The van der Waals surface area contributed by atoms with Crippen molar-refractivity contribution in [3.8, 4) is 0 Å². The van der Waals surface area contributed by atoms with E-state index in [4.69, 9.17) is 0 Å². The number of amides is 1. The first-order valence-corrected chi connectivity index (χ1v) is 3.00. The Hall–Kier alpha value is -0.530. The highest BCUT2D eigenvalue weighted by atomic mass is 16.1. The van der Waals surface area contributed by atoms with Gasteiger partial charge in [-0.1, -0.05) is 0 Å². The molecule has 0 aromatic carbocycles. The van der Waals surface area contributed by atoms with E-state index in [9.17, 15) is 4.79 Å². The summed E-state index contributed by atoms with van der Waals surface area (Å²) in [6, 6.07) is 0.500. The first-order valence-electron chi connectivity index (χ1n) is 3.00. The molecule has 43 valence electrons. The molecule has 1 N–H and O–H groups in total. The van der Waals surface area contributed by atoms with Crippen LogP contribution in [0.1, 0.15) is 19.3 Å². The topological polar surface area (TPSA) is 29.1 Å². The summed E-state index contributed by atoms with van der Waals surface area (Å²) in [5, 5.41) is 2.67. The maximum atomic E-state index is 9.73. The lowest BCUT2D eigenvalue weighted by atomic mass is 10.4. The van der Waals surface area contributed by atoms with Gasteiger partial charge in [-0.05, 0) is 24.7 Å². The average molecular weight is 110 g/mol. The van der Waals surface area contributed by atoms with E-state index in [-0.39, 0.29) is 0 Å². The van der Waals surface area contributed by atoms with Gasteiger partial charge in [-0.2, -0.15) is 0 Å². The molecule has 1 atom stereocenters. The molecule has 1 spiro atoms. The molecule has 2 fully saturated rings. The zero-order chi connectivity index (χ0) is 5.61. The van der Waals surface area contributed by atoms with Crippen molar-refractivity contribution < 1.29 is 4.79 Å². The van der Waals surface area contributed by atoms with Gasteiger partial charge >= 0.3 is 6.41 Å². The number of nitrogens with one attached hydrogen (secondary N) is 1. The van der Waals surface area contributed by atoms with Crippen LogP contribution >= 0.6 is 0 Å². The number of hydrogen-bond acceptors (Lipinski definition) is 1. The van der Waals surface area contributed by atoms with Crippen LogP contribution in [0.2, 0.25) is 0 Å². The third kappa shape index (κ3) is 0.403. The molecule has 0 heterocycles. The van der Waals surface area contributed by atoms with Crippen molar-refractivity contribution in [2.24, 2.45) is 5.41 Å². The summed E-state index contributed by atoms with van der Waals surface area (Å²) < 4.78 is 0.